The van der Waals surface area contributed by atoms with Gasteiger partial charge < -0.3 is 5.32 Å². The normalized spacial score (nSPS) is 25.1. The summed E-state index contributed by atoms with van der Waals surface area (Å²) in [5.74, 6) is 0.690. The average molecular weight is 249 g/mol. The fourth-order valence-corrected chi connectivity index (χ4v) is 3.76. The summed E-state index contributed by atoms with van der Waals surface area (Å²) in [7, 11) is -3.14. The van der Waals surface area contributed by atoms with E-state index in [1.54, 1.807) is 12.1 Å². The fourth-order valence-electron chi connectivity index (χ4n) is 2.57. The van der Waals surface area contributed by atoms with Crippen LogP contribution in [0.25, 0.3) is 6.08 Å². The van der Waals surface area contributed by atoms with Gasteiger partial charge in [-0.2, -0.15) is 0 Å². The van der Waals surface area contributed by atoms with Crippen LogP contribution in [-0.2, 0) is 16.3 Å². The van der Waals surface area contributed by atoms with Crippen molar-refractivity contribution in [2.75, 3.05) is 13.1 Å². The number of fused-ring (bicyclic) bond motifs is 1. The van der Waals surface area contributed by atoms with Gasteiger partial charge in [0.2, 0.25) is 0 Å². The Morgan fingerprint density at radius 1 is 1.35 bits per heavy atom. The second-order valence-corrected chi connectivity index (χ2v) is 6.58. The first kappa shape index (κ1) is 11.0. The Balaban J connectivity index is 1.87. The molecule has 0 saturated carbocycles. The molecular formula is C13H15NO2S. The molecule has 1 saturated heterocycles. The Morgan fingerprint density at radius 2 is 2.24 bits per heavy atom. The van der Waals surface area contributed by atoms with Crippen molar-refractivity contribution >= 4 is 15.9 Å². The number of rotatable bonds is 2. The van der Waals surface area contributed by atoms with Gasteiger partial charge in [-0.15, -0.1) is 0 Å². The Kier molecular flexibility index (Phi) is 2.56. The lowest BCUT2D eigenvalue weighted by molar-refractivity contribution is 0.580. The zero-order chi connectivity index (χ0) is 11.9. The van der Waals surface area contributed by atoms with Crippen molar-refractivity contribution < 1.29 is 8.42 Å². The zero-order valence-corrected chi connectivity index (χ0v) is 10.3. The van der Waals surface area contributed by atoms with Gasteiger partial charge in [-0.05, 0) is 55.1 Å². The predicted molar refractivity (Wildman–Crippen MR) is 67.3 cm³/mol. The van der Waals surface area contributed by atoms with Crippen LogP contribution in [0.3, 0.4) is 0 Å². The third-order valence-electron chi connectivity index (χ3n) is 3.49. The van der Waals surface area contributed by atoms with Crippen LogP contribution in [0.4, 0.5) is 0 Å². The molecule has 17 heavy (non-hydrogen) atoms. The van der Waals surface area contributed by atoms with Crippen molar-refractivity contribution in [1.82, 2.24) is 5.32 Å². The molecule has 1 unspecified atom stereocenters. The highest BCUT2D eigenvalue weighted by Gasteiger charge is 2.21. The number of nitrogens with one attached hydrogen (secondary N) is 1. The van der Waals surface area contributed by atoms with Crippen LogP contribution in [0, 0.1) is 5.92 Å². The summed E-state index contributed by atoms with van der Waals surface area (Å²) < 4.78 is 23.2. The number of benzene rings is 1. The Hall–Kier alpha value is -1.13. The van der Waals surface area contributed by atoms with Gasteiger partial charge in [0.15, 0.2) is 9.84 Å². The molecule has 1 aromatic carbocycles. The number of hydrogen-bond acceptors (Lipinski definition) is 3. The van der Waals surface area contributed by atoms with E-state index in [0.717, 1.165) is 25.1 Å². The van der Waals surface area contributed by atoms with Crippen LogP contribution in [-0.4, -0.2) is 21.5 Å². The van der Waals surface area contributed by atoms with Crippen LogP contribution in [0.5, 0.6) is 0 Å². The molecule has 0 amide bonds. The van der Waals surface area contributed by atoms with Crippen LogP contribution < -0.4 is 5.32 Å². The first-order valence-electron chi connectivity index (χ1n) is 5.92. The number of sulfone groups is 1. The summed E-state index contributed by atoms with van der Waals surface area (Å²) >= 11 is 0. The van der Waals surface area contributed by atoms with Crippen LogP contribution in [0.15, 0.2) is 28.5 Å². The molecule has 1 fully saturated rings. The lowest BCUT2D eigenvalue weighted by Crippen LogP contribution is -2.10. The average Bonchev–Trinajstić information content (AvgIpc) is 2.88. The summed E-state index contributed by atoms with van der Waals surface area (Å²) in [5.41, 5.74) is 2.08. The smallest absolute Gasteiger partial charge is 0.200 e. The Bertz CT molecular complexity index is 569. The van der Waals surface area contributed by atoms with E-state index in [0.29, 0.717) is 10.8 Å². The molecule has 0 radical (unpaired) electrons. The molecule has 90 valence electrons. The van der Waals surface area contributed by atoms with Gasteiger partial charge in [0.1, 0.15) is 0 Å². The zero-order valence-electron chi connectivity index (χ0n) is 9.52. The topological polar surface area (TPSA) is 46.2 Å². The minimum Gasteiger partial charge on any atom is -0.316 e. The van der Waals surface area contributed by atoms with E-state index in [4.69, 9.17) is 0 Å². The first-order chi connectivity index (χ1) is 8.15. The monoisotopic (exact) mass is 249 g/mol. The molecular weight excluding hydrogens is 234 g/mol. The van der Waals surface area contributed by atoms with Crippen molar-refractivity contribution in [2.24, 2.45) is 5.92 Å². The molecule has 0 aliphatic carbocycles. The molecule has 0 bridgehead atoms. The lowest BCUT2D eigenvalue weighted by Gasteiger charge is -2.09. The van der Waals surface area contributed by atoms with Crippen molar-refractivity contribution in [3.63, 3.8) is 0 Å². The summed E-state index contributed by atoms with van der Waals surface area (Å²) in [4.78, 5) is 0.450. The van der Waals surface area contributed by atoms with E-state index in [1.165, 1.54) is 17.4 Å². The number of hydrogen-bond donors (Lipinski definition) is 1. The molecule has 4 heteroatoms. The van der Waals surface area contributed by atoms with Crippen molar-refractivity contribution in [2.45, 2.75) is 17.7 Å². The SMILES string of the molecule is O=S1(=O)C=Cc2cc(CC3CCNC3)ccc21. The van der Waals surface area contributed by atoms with Gasteiger partial charge in [-0.25, -0.2) is 8.42 Å². The van der Waals surface area contributed by atoms with Gasteiger partial charge in [0.05, 0.1) is 4.90 Å². The summed E-state index contributed by atoms with van der Waals surface area (Å²) in [5, 5.41) is 4.64. The first-order valence-corrected chi connectivity index (χ1v) is 7.46. The molecule has 3 nitrogen and oxygen atoms in total. The largest absolute Gasteiger partial charge is 0.316 e. The molecule has 0 aromatic heterocycles. The molecule has 2 aliphatic heterocycles. The standard InChI is InChI=1S/C13H15NO2S/c15-17(16)6-4-12-8-10(1-2-13(12)17)7-11-3-5-14-9-11/h1-2,4,6,8,11,14H,3,5,7,9H2. The maximum Gasteiger partial charge on any atom is 0.200 e. The van der Waals surface area contributed by atoms with Gasteiger partial charge in [0, 0.05) is 5.41 Å². The third kappa shape index (κ3) is 2.03. The third-order valence-corrected chi connectivity index (χ3v) is 4.97. The van der Waals surface area contributed by atoms with Crippen molar-refractivity contribution in [1.29, 1.82) is 0 Å². The molecule has 1 N–H and O–H groups in total. The molecule has 1 aromatic rings. The summed E-state index contributed by atoms with van der Waals surface area (Å²) in [6, 6.07) is 5.69. The van der Waals surface area contributed by atoms with E-state index in [2.05, 4.69) is 5.32 Å². The van der Waals surface area contributed by atoms with Crippen molar-refractivity contribution in [3.05, 3.63) is 34.7 Å². The van der Waals surface area contributed by atoms with Crippen LogP contribution >= 0.6 is 0 Å². The molecule has 2 heterocycles. The van der Waals surface area contributed by atoms with E-state index in [9.17, 15) is 8.42 Å². The molecule has 0 spiro atoms. The van der Waals surface area contributed by atoms with E-state index in [-0.39, 0.29) is 0 Å². The minimum atomic E-state index is -3.14. The Labute approximate surface area is 101 Å². The minimum absolute atomic E-state index is 0.450. The highest BCUT2D eigenvalue weighted by Crippen LogP contribution is 2.28. The van der Waals surface area contributed by atoms with Gasteiger partial charge in [0.25, 0.3) is 0 Å². The maximum absolute atomic E-state index is 11.6. The highest BCUT2D eigenvalue weighted by atomic mass is 32.2. The van der Waals surface area contributed by atoms with Gasteiger partial charge in [-0.1, -0.05) is 12.1 Å². The van der Waals surface area contributed by atoms with E-state index in [1.807, 2.05) is 12.1 Å². The maximum atomic E-state index is 11.6. The second-order valence-electron chi connectivity index (χ2n) is 4.78. The van der Waals surface area contributed by atoms with Crippen LogP contribution in [0.2, 0.25) is 0 Å². The van der Waals surface area contributed by atoms with Crippen molar-refractivity contribution in [3.8, 4) is 0 Å². The quantitative estimate of drug-likeness (QED) is 0.866. The second kappa shape index (κ2) is 3.96. The fraction of sp³-hybridized carbons (Fsp3) is 0.385. The van der Waals surface area contributed by atoms with E-state index < -0.39 is 9.84 Å². The molecule has 3 rings (SSSR count). The van der Waals surface area contributed by atoms with Crippen LogP contribution in [0.1, 0.15) is 17.5 Å². The summed E-state index contributed by atoms with van der Waals surface area (Å²) in [6.45, 7) is 2.18. The molecule has 2 aliphatic rings. The molecule has 1 atom stereocenters. The van der Waals surface area contributed by atoms with E-state index >= 15 is 0 Å². The van der Waals surface area contributed by atoms with Gasteiger partial charge >= 0.3 is 0 Å². The summed E-state index contributed by atoms with van der Waals surface area (Å²) in [6.07, 6.45) is 3.94. The highest BCUT2D eigenvalue weighted by molar-refractivity contribution is 7.94. The Morgan fingerprint density at radius 3 is 3.00 bits per heavy atom. The van der Waals surface area contributed by atoms with Gasteiger partial charge in [-0.3, -0.25) is 0 Å². The lowest BCUT2D eigenvalue weighted by atomic mass is 9.97. The predicted octanol–water partition coefficient (Wildman–Crippen LogP) is 1.60.